The summed E-state index contributed by atoms with van der Waals surface area (Å²) in [5.41, 5.74) is 0. The average Bonchev–Trinajstić information content (AvgIpc) is 3.09. The molecule has 0 radical (unpaired) electrons. The van der Waals surface area contributed by atoms with E-state index < -0.39 is 0 Å². The molecule has 0 saturated heterocycles. The van der Waals surface area contributed by atoms with Crippen LogP contribution in [0.25, 0.3) is 10.2 Å². The minimum absolute atomic E-state index is 0.639. The fourth-order valence-electron chi connectivity index (χ4n) is 2.04. The Morgan fingerprint density at radius 3 is 2.81 bits per heavy atom. The second kappa shape index (κ2) is 5.95. The van der Waals surface area contributed by atoms with Gasteiger partial charge >= 0.3 is 0 Å². The molecular formula is C14H17N5S2. The average molecular weight is 319 g/mol. The highest BCUT2D eigenvalue weighted by Gasteiger charge is 2.10. The molecule has 0 bridgehead atoms. The van der Waals surface area contributed by atoms with Crippen LogP contribution in [0.1, 0.15) is 21.7 Å². The number of aromatic nitrogens is 3. The van der Waals surface area contributed by atoms with Gasteiger partial charge in [0, 0.05) is 23.0 Å². The summed E-state index contributed by atoms with van der Waals surface area (Å²) < 4.78 is 0. The molecule has 0 amide bonds. The second-order valence-corrected chi connectivity index (χ2v) is 7.08. The molecule has 0 unspecified atom stereocenters. The summed E-state index contributed by atoms with van der Waals surface area (Å²) in [5, 5.41) is 8.56. The molecular weight excluding hydrogens is 302 g/mol. The van der Waals surface area contributed by atoms with Crippen molar-refractivity contribution in [3.63, 3.8) is 0 Å². The summed E-state index contributed by atoms with van der Waals surface area (Å²) in [6.45, 7) is 4.92. The van der Waals surface area contributed by atoms with E-state index in [1.165, 1.54) is 9.75 Å². The highest BCUT2D eigenvalue weighted by molar-refractivity contribution is 7.18. The third-order valence-electron chi connectivity index (χ3n) is 3.10. The maximum atomic E-state index is 4.52. The number of fused-ring (bicyclic) bond motifs is 1. The standard InChI is InChI=1S/C14H17N5S2/c1-4-9-6-16-11(21-9)7-17-12-10-5-8(2)20-13(10)19-14(15-3)18-12/h5-6H,4,7H2,1-3H3,(H2,15,17,18,19). The number of hydrogen-bond acceptors (Lipinski definition) is 7. The number of thiazole rings is 1. The van der Waals surface area contributed by atoms with Crippen LogP contribution in [0.4, 0.5) is 11.8 Å². The van der Waals surface area contributed by atoms with E-state index in [0.29, 0.717) is 12.5 Å². The first kappa shape index (κ1) is 14.2. The van der Waals surface area contributed by atoms with Gasteiger partial charge in [-0.15, -0.1) is 22.7 Å². The van der Waals surface area contributed by atoms with Gasteiger partial charge in [-0.05, 0) is 19.4 Å². The number of aryl methyl sites for hydroxylation is 2. The summed E-state index contributed by atoms with van der Waals surface area (Å²) in [6.07, 6.45) is 2.98. The van der Waals surface area contributed by atoms with Gasteiger partial charge in [0.2, 0.25) is 5.95 Å². The summed E-state index contributed by atoms with van der Waals surface area (Å²) >= 11 is 3.42. The monoisotopic (exact) mass is 319 g/mol. The van der Waals surface area contributed by atoms with Gasteiger partial charge < -0.3 is 10.6 Å². The zero-order valence-electron chi connectivity index (χ0n) is 12.2. The number of anilines is 2. The number of thiophene rings is 1. The Hall–Kier alpha value is -1.73. The van der Waals surface area contributed by atoms with Crippen molar-refractivity contribution in [2.75, 3.05) is 17.7 Å². The molecule has 3 aromatic rings. The molecule has 110 valence electrons. The Balaban J connectivity index is 1.88. The lowest BCUT2D eigenvalue weighted by atomic mass is 10.3. The van der Waals surface area contributed by atoms with E-state index >= 15 is 0 Å². The number of rotatable bonds is 5. The van der Waals surface area contributed by atoms with E-state index in [1.54, 1.807) is 22.7 Å². The Kier molecular flexibility index (Phi) is 4.03. The van der Waals surface area contributed by atoms with Crippen LogP contribution in [-0.2, 0) is 13.0 Å². The van der Waals surface area contributed by atoms with Crippen molar-refractivity contribution >= 4 is 44.7 Å². The molecule has 0 aliphatic rings. The van der Waals surface area contributed by atoms with Gasteiger partial charge in [-0.1, -0.05) is 6.92 Å². The highest BCUT2D eigenvalue weighted by atomic mass is 32.1. The third kappa shape index (κ3) is 2.98. The molecule has 21 heavy (non-hydrogen) atoms. The second-order valence-electron chi connectivity index (χ2n) is 4.65. The van der Waals surface area contributed by atoms with Crippen molar-refractivity contribution in [1.82, 2.24) is 15.0 Å². The number of nitrogens with one attached hydrogen (secondary N) is 2. The molecule has 0 atom stereocenters. The minimum Gasteiger partial charge on any atom is -0.363 e. The SMILES string of the molecule is CCc1cnc(CNc2nc(NC)nc3sc(C)cc23)s1. The molecule has 0 aliphatic heterocycles. The molecule has 2 N–H and O–H groups in total. The van der Waals surface area contributed by atoms with E-state index in [4.69, 9.17) is 0 Å². The molecule has 3 rings (SSSR count). The van der Waals surface area contributed by atoms with Crippen molar-refractivity contribution in [3.8, 4) is 0 Å². The van der Waals surface area contributed by atoms with E-state index in [0.717, 1.165) is 27.5 Å². The van der Waals surface area contributed by atoms with Crippen LogP contribution in [0.2, 0.25) is 0 Å². The molecule has 0 aromatic carbocycles. The lowest BCUT2D eigenvalue weighted by molar-refractivity contribution is 1.07. The molecule has 0 fully saturated rings. The van der Waals surface area contributed by atoms with Crippen molar-refractivity contribution in [2.24, 2.45) is 0 Å². The number of nitrogens with zero attached hydrogens (tertiary/aromatic N) is 3. The Morgan fingerprint density at radius 1 is 1.24 bits per heavy atom. The fourth-order valence-corrected chi connectivity index (χ4v) is 3.72. The van der Waals surface area contributed by atoms with Crippen LogP contribution in [0, 0.1) is 6.92 Å². The summed E-state index contributed by atoms with van der Waals surface area (Å²) in [7, 11) is 1.83. The Morgan fingerprint density at radius 2 is 2.10 bits per heavy atom. The van der Waals surface area contributed by atoms with Gasteiger partial charge in [0.25, 0.3) is 0 Å². The maximum Gasteiger partial charge on any atom is 0.225 e. The topological polar surface area (TPSA) is 62.7 Å². The lowest BCUT2D eigenvalue weighted by Gasteiger charge is -2.07. The smallest absolute Gasteiger partial charge is 0.225 e. The zero-order valence-corrected chi connectivity index (χ0v) is 13.9. The molecule has 3 heterocycles. The Labute approximate surface area is 131 Å². The predicted octanol–water partition coefficient (Wildman–Crippen LogP) is 3.67. The summed E-state index contributed by atoms with van der Waals surface area (Å²) in [5.74, 6) is 1.50. The van der Waals surface area contributed by atoms with Gasteiger partial charge in [0.1, 0.15) is 15.7 Å². The molecule has 7 heteroatoms. The third-order valence-corrected chi connectivity index (χ3v) is 5.18. The largest absolute Gasteiger partial charge is 0.363 e. The summed E-state index contributed by atoms with van der Waals surface area (Å²) in [6, 6.07) is 2.13. The van der Waals surface area contributed by atoms with Crippen LogP contribution < -0.4 is 10.6 Å². The normalized spacial score (nSPS) is 11.0. The van der Waals surface area contributed by atoms with Gasteiger partial charge in [0.15, 0.2) is 0 Å². The molecule has 0 saturated carbocycles. The maximum absolute atomic E-state index is 4.52. The van der Waals surface area contributed by atoms with Crippen molar-refractivity contribution in [1.29, 1.82) is 0 Å². The van der Waals surface area contributed by atoms with Gasteiger partial charge in [0.05, 0.1) is 11.9 Å². The number of hydrogen-bond donors (Lipinski definition) is 2. The molecule has 0 spiro atoms. The van der Waals surface area contributed by atoms with Crippen LogP contribution >= 0.6 is 22.7 Å². The van der Waals surface area contributed by atoms with E-state index in [-0.39, 0.29) is 0 Å². The quantitative estimate of drug-likeness (QED) is 0.751. The zero-order chi connectivity index (χ0) is 14.8. The van der Waals surface area contributed by atoms with Crippen molar-refractivity contribution < 1.29 is 0 Å². The van der Waals surface area contributed by atoms with Gasteiger partial charge in [-0.3, -0.25) is 0 Å². The van der Waals surface area contributed by atoms with E-state index in [2.05, 4.69) is 45.5 Å². The first-order valence-electron chi connectivity index (χ1n) is 6.83. The van der Waals surface area contributed by atoms with Gasteiger partial charge in [-0.2, -0.15) is 4.98 Å². The van der Waals surface area contributed by atoms with Gasteiger partial charge in [-0.25, -0.2) is 9.97 Å². The van der Waals surface area contributed by atoms with Crippen LogP contribution in [-0.4, -0.2) is 22.0 Å². The first-order chi connectivity index (χ1) is 10.2. The van der Waals surface area contributed by atoms with Crippen molar-refractivity contribution in [2.45, 2.75) is 26.8 Å². The highest BCUT2D eigenvalue weighted by Crippen LogP contribution is 2.30. The van der Waals surface area contributed by atoms with Crippen LogP contribution in [0.3, 0.4) is 0 Å². The van der Waals surface area contributed by atoms with E-state index in [9.17, 15) is 0 Å². The first-order valence-corrected chi connectivity index (χ1v) is 8.46. The van der Waals surface area contributed by atoms with Crippen LogP contribution in [0.5, 0.6) is 0 Å². The molecule has 5 nitrogen and oxygen atoms in total. The minimum atomic E-state index is 0.639. The molecule has 0 aliphatic carbocycles. The lowest BCUT2D eigenvalue weighted by Crippen LogP contribution is -2.04. The predicted molar refractivity (Wildman–Crippen MR) is 90.5 cm³/mol. The molecule has 3 aromatic heterocycles. The summed E-state index contributed by atoms with van der Waals surface area (Å²) in [4.78, 5) is 17.0. The van der Waals surface area contributed by atoms with E-state index in [1.807, 2.05) is 13.2 Å². The Bertz CT molecular complexity index is 762. The van der Waals surface area contributed by atoms with Crippen LogP contribution in [0.15, 0.2) is 12.3 Å². The fraction of sp³-hybridized carbons (Fsp3) is 0.357. The van der Waals surface area contributed by atoms with Crippen molar-refractivity contribution in [3.05, 3.63) is 27.0 Å².